The molecule has 3 aromatic rings. The minimum absolute atomic E-state index is 0.0741. The van der Waals surface area contributed by atoms with E-state index in [1.165, 1.54) is 16.5 Å². The van der Waals surface area contributed by atoms with Gasteiger partial charge in [-0.2, -0.15) is 0 Å². The molecule has 2 aromatic heterocycles. The standard InChI is InChI=1S/C18H12ClFN2O/c19-13-4-8-16-21-17-12(9-11-1-5-14(20)6-2-11)3-7-15(17)18(23)22(16)10-13/h1-2,4-6,8-10H,3,7H2. The molecule has 4 rings (SSSR count). The summed E-state index contributed by atoms with van der Waals surface area (Å²) in [6.45, 7) is 0. The molecule has 0 aliphatic heterocycles. The lowest BCUT2D eigenvalue weighted by atomic mass is 10.1. The number of halogens is 2. The van der Waals surface area contributed by atoms with Gasteiger partial charge in [-0.15, -0.1) is 0 Å². The van der Waals surface area contributed by atoms with Crippen LogP contribution in [0.2, 0.25) is 5.02 Å². The summed E-state index contributed by atoms with van der Waals surface area (Å²) in [5, 5.41) is 0.501. The molecular formula is C18H12ClFN2O. The lowest BCUT2D eigenvalue weighted by molar-refractivity contribution is 0.628. The van der Waals surface area contributed by atoms with E-state index in [4.69, 9.17) is 11.6 Å². The van der Waals surface area contributed by atoms with Gasteiger partial charge < -0.3 is 0 Å². The summed E-state index contributed by atoms with van der Waals surface area (Å²) in [4.78, 5) is 17.2. The van der Waals surface area contributed by atoms with E-state index in [9.17, 15) is 9.18 Å². The maximum absolute atomic E-state index is 13.0. The highest BCUT2D eigenvalue weighted by Crippen LogP contribution is 2.30. The van der Waals surface area contributed by atoms with Crippen LogP contribution in [0.4, 0.5) is 4.39 Å². The minimum Gasteiger partial charge on any atom is -0.269 e. The van der Waals surface area contributed by atoms with Crippen molar-refractivity contribution in [2.75, 3.05) is 0 Å². The molecule has 3 nitrogen and oxygen atoms in total. The Balaban J connectivity index is 1.88. The summed E-state index contributed by atoms with van der Waals surface area (Å²) in [7, 11) is 0. The first-order valence-corrected chi connectivity index (χ1v) is 7.67. The van der Waals surface area contributed by atoms with E-state index in [0.29, 0.717) is 22.7 Å². The third-order valence-corrected chi connectivity index (χ3v) is 4.26. The van der Waals surface area contributed by atoms with Gasteiger partial charge in [0.25, 0.3) is 5.56 Å². The van der Waals surface area contributed by atoms with Crippen LogP contribution in [-0.2, 0) is 6.42 Å². The smallest absolute Gasteiger partial charge is 0.261 e. The maximum Gasteiger partial charge on any atom is 0.261 e. The number of rotatable bonds is 1. The normalized spacial score (nSPS) is 15.3. The van der Waals surface area contributed by atoms with Gasteiger partial charge in [0, 0.05) is 11.8 Å². The number of hydrogen-bond donors (Lipinski definition) is 0. The Labute approximate surface area is 136 Å². The Bertz CT molecular complexity index is 1010. The number of nitrogens with zero attached hydrogens (tertiary/aromatic N) is 2. The van der Waals surface area contributed by atoms with Crippen LogP contribution in [0.3, 0.4) is 0 Å². The fourth-order valence-electron chi connectivity index (χ4n) is 2.92. The summed E-state index contributed by atoms with van der Waals surface area (Å²) in [6, 6.07) is 9.73. The molecule has 0 bridgehead atoms. The second-order valence-electron chi connectivity index (χ2n) is 5.54. The third-order valence-electron chi connectivity index (χ3n) is 4.04. The third kappa shape index (κ3) is 2.45. The first-order chi connectivity index (χ1) is 11.1. The zero-order chi connectivity index (χ0) is 16.0. The fraction of sp³-hybridized carbons (Fsp3) is 0.111. The van der Waals surface area contributed by atoms with Crippen molar-refractivity contribution in [2.24, 2.45) is 0 Å². The van der Waals surface area contributed by atoms with Gasteiger partial charge in [-0.25, -0.2) is 9.37 Å². The molecule has 1 aliphatic carbocycles. The second kappa shape index (κ2) is 5.32. The van der Waals surface area contributed by atoms with Crippen molar-refractivity contribution in [3.8, 4) is 0 Å². The molecule has 114 valence electrons. The van der Waals surface area contributed by atoms with Crippen LogP contribution < -0.4 is 5.56 Å². The topological polar surface area (TPSA) is 34.4 Å². The summed E-state index contributed by atoms with van der Waals surface area (Å²) < 4.78 is 14.5. The molecule has 0 N–H and O–H groups in total. The molecule has 2 heterocycles. The van der Waals surface area contributed by atoms with Crippen molar-refractivity contribution in [3.05, 3.63) is 80.6 Å². The first kappa shape index (κ1) is 14.2. The van der Waals surface area contributed by atoms with Gasteiger partial charge in [-0.05, 0) is 54.3 Å². The predicted molar refractivity (Wildman–Crippen MR) is 89.1 cm³/mol. The Morgan fingerprint density at radius 1 is 1.13 bits per heavy atom. The van der Waals surface area contributed by atoms with E-state index in [0.717, 1.165) is 23.3 Å². The van der Waals surface area contributed by atoms with Crippen molar-refractivity contribution in [3.63, 3.8) is 0 Å². The van der Waals surface area contributed by atoms with E-state index in [1.54, 1.807) is 30.5 Å². The van der Waals surface area contributed by atoms with E-state index in [2.05, 4.69) is 4.98 Å². The zero-order valence-corrected chi connectivity index (χ0v) is 12.8. The Hall–Kier alpha value is -2.46. The highest BCUT2D eigenvalue weighted by molar-refractivity contribution is 6.30. The van der Waals surface area contributed by atoms with Gasteiger partial charge in [0.05, 0.1) is 10.7 Å². The van der Waals surface area contributed by atoms with Gasteiger partial charge in [0.15, 0.2) is 0 Å². The lowest BCUT2D eigenvalue weighted by Crippen LogP contribution is -2.19. The average molecular weight is 327 g/mol. The van der Waals surface area contributed by atoms with Crippen LogP contribution in [0.1, 0.15) is 23.2 Å². The van der Waals surface area contributed by atoms with Gasteiger partial charge in [0.1, 0.15) is 11.5 Å². The van der Waals surface area contributed by atoms with Gasteiger partial charge in [0.2, 0.25) is 0 Å². The Morgan fingerprint density at radius 3 is 2.70 bits per heavy atom. The molecule has 0 fully saturated rings. The average Bonchev–Trinajstić information content (AvgIpc) is 2.94. The molecule has 0 saturated carbocycles. The zero-order valence-electron chi connectivity index (χ0n) is 12.1. The monoisotopic (exact) mass is 326 g/mol. The van der Waals surface area contributed by atoms with Crippen molar-refractivity contribution in [2.45, 2.75) is 12.8 Å². The molecule has 0 atom stereocenters. The molecule has 0 unspecified atom stereocenters. The van der Waals surface area contributed by atoms with E-state index in [-0.39, 0.29) is 11.4 Å². The molecule has 5 heteroatoms. The van der Waals surface area contributed by atoms with Crippen LogP contribution in [0.15, 0.2) is 47.4 Å². The van der Waals surface area contributed by atoms with Crippen molar-refractivity contribution >= 4 is 28.9 Å². The largest absolute Gasteiger partial charge is 0.269 e. The molecule has 0 spiro atoms. The molecule has 1 aliphatic rings. The number of aromatic nitrogens is 2. The molecule has 0 saturated heterocycles. The first-order valence-electron chi connectivity index (χ1n) is 7.29. The van der Waals surface area contributed by atoms with Gasteiger partial charge in [-0.1, -0.05) is 23.7 Å². The number of fused-ring (bicyclic) bond motifs is 2. The van der Waals surface area contributed by atoms with E-state index < -0.39 is 0 Å². The second-order valence-corrected chi connectivity index (χ2v) is 5.98. The predicted octanol–water partition coefficient (Wildman–Crippen LogP) is 3.97. The summed E-state index contributed by atoms with van der Waals surface area (Å²) >= 11 is 5.96. The van der Waals surface area contributed by atoms with Crippen molar-refractivity contribution in [1.82, 2.24) is 9.38 Å². The maximum atomic E-state index is 13.0. The minimum atomic E-state index is -0.266. The SMILES string of the molecule is O=c1c2c(nc3ccc(Cl)cn13)C(=Cc1ccc(F)cc1)CC2. The summed E-state index contributed by atoms with van der Waals surface area (Å²) in [5.74, 6) is -0.266. The highest BCUT2D eigenvalue weighted by Gasteiger charge is 2.22. The quantitative estimate of drug-likeness (QED) is 0.678. The van der Waals surface area contributed by atoms with E-state index in [1.807, 2.05) is 6.08 Å². The van der Waals surface area contributed by atoms with Crippen LogP contribution in [0.5, 0.6) is 0 Å². The number of hydrogen-bond acceptors (Lipinski definition) is 2. The van der Waals surface area contributed by atoms with E-state index >= 15 is 0 Å². The van der Waals surface area contributed by atoms with Crippen LogP contribution >= 0.6 is 11.6 Å². The van der Waals surface area contributed by atoms with Crippen LogP contribution in [0.25, 0.3) is 17.3 Å². The Morgan fingerprint density at radius 2 is 1.91 bits per heavy atom. The van der Waals surface area contributed by atoms with Gasteiger partial charge >= 0.3 is 0 Å². The lowest BCUT2D eigenvalue weighted by Gasteiger charge is -2.05. The molecule has 1 aromatic carbocycles. The summed E-state index contributed by atoms with van der Waals surface area (Å²) in [5.41, 5.74) is 3.84. The van der Waals surface area contributed by atoms with Crippen molar-refractivity contribution in [1.29, 1.82) is 0 Å². The molecular weight excluding hydrogens is 315 g/mol. The summed E-state index contributed by atoms with van der Waals surface area (Å²) in [6.07, 6.45) is 4.96. The number of pyridine rings is 1. The number of benzene rings is 1. The Kier molecular flexibility index (Phi) is 3.27. The van der Waals surface area contributed by atoms with Gasteiger partial charge in [-0.3, -0.25) is 9.20 Å². The molecule has 0 amide bonds. The highest BCUT2D eigenvalue weighted by atomic mass is 35.5. The van der Waals surface area contributed by atoms with Crippen LogP contribution in [0, 0.1) is 5.82 Å². The van der Waals surface area contributed by atoms with Crippen LogP contribution in [-0.4, -0.2) is 9.38 Å². The fourth-order valence-corrected chi connectivity index (χ4v) is 3.08. The number of allylic oxidation sites excluding steroid dienone is 1. The van der Waals surface area contributed by atoms with Crippen molar-refractivity contribution < 1.29 is 4.39 Å². The molecule has 0 radical (unpaired) electrons. The molecule has 23 heavy (non-hydrogen) atoms.